The summed E-state index contributed by atoms with van der Waals surface area (Å²) < 4.78 is 11.7. The third kappa shape index (κ3) is 3.60. The molecular weight excluding hydrogens is 378 g/mol. The third-order valence-electron chi connectivity index (χ3n) is 5.59. The molecule has 0 aliphatic carbocycles. The van der Waals surface area contributed by atoms with Gasteiger partial charge in [0.05, 0.1) is 23.6 Å². The van der Waals surface area contributed by atoms with Crippen LogP contribution < -0.4 is 10.2 Å². The van der Waals surface area contributed by atoms with Crippen molar-refractivity contribution in [3.05, 3.63) is 75.6 Å². The van der Waals surface area contributed by atoms with Gasteiger partial charge in [-0.3, -0.25) is 9.59 Å². The number of rotatable bonds is 8. The lowest BCUT2D eigenvalue weighted by atomic mass is 9.98. The number of fused-ring (bicyclic) bond motifs is 2. The molecule has 1 aromatic heterocycles. The first-order valence-electron chi connectivity index (χ1n) is 10.7. The van der Waals surface area contributed by atoms with E-state index in [0.29, 0.717) is 29.7 Å². The number of hydrogen-bond acceptors (Lipinski definition) is 4. The average molecular weight is 405 g/mol. The Labute approximate surface area is 176 Å². The lowest BCUT2D eigenvalue weighted by Crippen LogP contribution is -2.30. The van der Waals surface area contributed by atoms with E-state index in [9.17, 15) is 9.59 Å². The summed E-state index contributed by atoms with van der Waals surface area (Å²) in [6.45, 7) is 5.47. The van der Waals surface area contributed by atoms with Crippen LogP contribution in [-0.2, 0) is 0 Å². The number of carbonyl (C=O) groups is 1. The van der Waals surface area contributed by atoms with E-state index in [1.54, 1.807) is 23.1 Å². The first-order valence-corrected chi connectivity index (χ1v) is 10.7. The molecule has 2 aromatic carbocycles. The van der Waals surface area contributed by atoms with E-state index in [2.05, 4.69) is 13.8 Å². The van der Waals surface area contributed by atoms with Gasteiger partial charge in [0.25, 0.3) is 5.91 Å². The van der Waals surface area contributed by atoms with Gasteiger partial charge in [-0.05, 0) is 42.7 Å². The van der Waals surface area contributed by atoms with E-state index in [1.165, 1.54) is 0 Å². The molecular formula is C25H27NO4. The van der Waals surface area contributed by atoms with E-state index in [0.717, 1.165) is 37.0 Å². The maximum absolute atomic E-state index is 13.3. The highest BCUT2D eigenvalue weighted by atomic mass is 16.5. The highest BCUT2D eigenvalue weighted by Crippen LogP contribution is 2.38. The second-order valence-electron chi connectivity index (χ2n) is 7.70. The minimum atomic E-state index is -0.440. The zero-order valence-electron chi connectivity index (χ0n) is 17.5. The number of nitrogens with zero attached hydrogens (tertiary/aromatic N) is 1. The Morgan fingerprint density at radius 1 is 0.967 bits per heavy atom. The van der Waals surface area contributed by atoms with E-state index < -0.39 is 6.04 Å². The quantitative estimate of drug-likeness (QED) is 0.476. The molecule has 4 rings (SSSR count). The molecule has 5 heteroatoms. The van der Waals surface area contributed by atoms with Crippen molar-refractivity contribution in [3.8, 4) is 5.75 Å². The van der Waals surface area contributed by atoms with Crippen molar-refractivity contribution >= 4 is 16.9 Å². The standard InChI is InChI=1S/C25H27NO4/c1-3-5-15-26-22(17-11-13-18(14-12-17)29-16-6-4-2)21-23(27)19-9-7-8-10-20(19)30-24(21)25(26)28/h7-14,22H,3-6,15-16H2,1-2H3. The number of para-hydroxylation sites is 1. The van der Waals surface area contributed by atoms with Gasteiger partial charge >= 0.3 is 0 Å². The molecule has 3 aromatic rings. The molecule has 1 aliphatic heterocycles. The molecule has 0 spiro atoms. The van der Waals surface area contributed by atoms with Crippen LogP contribution in [0.5, 0.6) is 5.75 Å². The largest absolute Gasteiger partial charge is 0.494 e. The van der Waals surface area contributed by atoms with Gasteiger partial charge in [0.2, 0.25) is 5.76 Å². The van der Waals surface area contributed by atoms with Crippen LogP contribution in [0.3, 0.4) is 0 Å². The predicted octanol–water partition coefficient (Wildman–Crippen LogP) is 5.32. The number of amides is 1. The van der Waals surface area contributed by atoms with Crippen LogP contribution in [0.25, 0.3) is 11.0 Å². The van der Waals surface area contributed by atoms with Crippen LogP contribution >= 0.6 is 0 Å². The van der Waals surface area contributed by atoms with Gasteiger partial charge in [0.1, 0.15) is 11.3 Å². The average Bonchev–Trinajstić information content (AvgIpc) is 3.05. The molecule has 0 bridgehead atoms. The third-order valence-corrected chi connectivity index (χ3v) is 5.59. The molecule has 5 nitrogen and oxygen atoms in total. The van der Waals surface area contributed by atoms with Crippen molar-refractivity contribution in [2.75, 3.05) is 13.2 Å². The lowest BCUT2D eigenvalue weighted by molar-refractivity contribution is 0.0725. The Hall–Kier alpha value is -3.08. The second kappa shape index (κ2) is 8.74. The monoisotopic (exact) mass is 405 g/mol. The summed E-state index contributed by atoms with van der Waals surface area (Å²) in [7, 11) is 0. The van der Waals surface area contributed by atoms with Crippen molar-refractivity contribution in [1.29, 1.82) is 0 Å². The number of benzene rings is 2. The van der Waals surface area contributed by atoms with E-state index >= 15 is 0 Å². The number of unbranched alkanes of at least 4 members (excludes halogenated alkanes) is 2. The molecule has 2 heterocycles. The molecule has 0 N–H and O–H groups in total. The van der Waals surface area contributed by atoms with Gasteiger partial charge in [-0.25, -0.2) is 0 Å². The summed E-state index contributed by atoms with van der Waals surface area (Å²) in [6, 6.07) is 14.4. The summed E-state index contributed by atoms with van der Waals surface area (Å²) in [5, 5.41) is 0.505. The molecule has 1 atom stereocenters. The molecule has 0 fully saturated rings. The summed E-state index contributed by atoms with van der Waals surface area (Å²) >= 11 is 0. The SMILES string of the molecule is CCCCOc1ccc(C2c3c(oc4ccccc4c3=O)C(=O)N2CCCC)cc1. The van der Waals surface area contributed by atoms with Crippen molar-refractivity contribution < 1.29 is 13.9 Å². The minimum Gasteiger partial charge on any atom is -0.494 e. The molecule has 30 heavy (non-hydrogen) atoms. The van der Waals surface area contributed by atoms with Crippen molar-refractivity contribution in [1.82, 2.24) is 4.90 Å². The van der Waals surface area contributed by atoms with Crippen molar-refractivity contribution in [2.24, 2.45) is 0 Å². The van der Waals surface area contributed by atoms with Crippen LogP contribution in [-0.4, -0.2) is 24.0 Å². The molecule has 1 amide bonds. The van der Waals surface area contributed by atoms with Gasteiger partial charge in [0.15, 0.2) is 5.43 Å². The van der Waals surface area contributed by atoms with Gasteiger partial charge in [0, 0.05) is 6.54 Å². The normalized spacial score (nSPS) is 15.6. The zero-order chi connectivity index (χ0) is 21.1. The van der Waals surface area contributed by atoms with Crippen molar-refractivity contribution in [3.63, 3.8) is 0 Å². The molecule has 0 radical (unpaired) electrons. The molecule has 0 saturated carbocycles. The Morgan fingerprint density at radius 2 is 1.70 bits per heavy atom. The smallest absolute Gasteiger partial charge is 0.290 e. The summed E-state index contributed by atoms with van der Waals surface area (Å²) in [5.41, 5.74) is 1.65. The number of ether oxygens (including phenoxy) is 1. The molecule has 1 aliphatic rings. The predicted molar refractivity (Wildman–Crippen MR) is 117 cm³/mol. The van der Waals surface area contributed by atoms with Crippen LogP contribution in [0, 0.1) is 0 Å². The highest BCUT2D eigenvalue weighted by Gasteiger charge is 2.42. The van der Waals surface area contributed by atoms with Crippen LogP contribution in [0.15, 0.2) is 57.7 Å². The molecule has 0 saturated heterocycles. The first kappa shape index (κ1) is 20.2. The number of carbonyl (C=O) groups excluding carboxylic acids is 1. The summed E-state index contributed by atoms with van der Waals surface area (Å²) in [6.07, 6.45) is 3.91. The Morgan fingerprint density at radius 3 is 2.43 bits per heavy atom. The fraction of sp³-hybridized carbons (Fsp3) is 0.360. The van der Waals surface area contributed by atoms with E-state index in [4.69, 9.17) is 9.15 Å². The van der Waals surface area contributed by atoms with Crippen LogP contribution in [0.4, 0.5) is 0 Å². The fourth-order valence-corrected chi connectivity index (χ4v) is 3.95. The second-order valence-corrected chi connectivity index (χ2v) is 7.70. The topological polar surface area (TPSA) is 59.8 Å². The van der Waals surface area contributed by atoms with Gasteiger partial charge in [-0.15, -0.1) is 0 Å². The Balaban J connectivity index is 1.78. The Kier molecular flexibility index (Phi) is 5.88. The van der Waals surface area contributed by atoms with Crippen LogP contribution in [0.2, 0.25) is 0 Å². The zero-order valence-corrected chi connectivity index (χ0v) is 17.5. The Bertz CT molecular complexity index is 1100. The molecule has 1 unspecified atom stereocenters. The van der Waals surface area contributed by atoms with Gasteiger partial charge < -0.3 is 14.1 Å². The van der Waals surface area contributed by atoms with Gasteiger partial charge in [-0.2, -0.15) is 0 Å². The first-order chi connectivity index (χ1) is 14.7. The number of hydrogen-bond donors (Lipinski definition) is 0. The van der Waals surface area contributed by atoms with E-state index in [-0.39, 0.29) is 17.1 Å². The van der Waals surface area contributed by atoms with E-state index in [1.807, 2.05) is 30.3 Å². The molecule has 156 valence electrons. The maximum atomic E-state index is 13.3. The van der Waals surface area contributed by atoms with Gasteiger partial charge in [-0.1, -0.05) is 51.0 Å². The maximum Gasteiger partial charge on any atom is 0.290 e. The van der Waals surface area contributed by atoms with Crippen LogP contribution in [0.1, 0.15) is 67.3 Å². The lowest BCUT2D eigenvalue weighted by Gasteiger charge is -2.25. The summed E-state index contributed by atoms with van der Waals surface area (Å²) in [4.78, 5) is 28.3. The highest BCUT2D eigenvalue weighted by molar-refractivity contribution is 5.99. The van der Waals surface area contributed by atoms with Crippen molar-refractivity contribution in [2.45, 2.75) is 45.6 Å². The summed E-state index contributed by atoms with van der Waals surface area (Å²) in [5.74, 6) is 0.750. The fourth-order valence-electron chi connectivity index (χ4n) is 3.95. The minimum absolute atomic E-state index is 0.132.